The number of carboxylic acids is 1. The van der Waals surface area contributed by atoms with Crippen molar-refractivity contribution in [2.75, 3.05) is 48.9 Å². The molecule has 86 heavy (non-hydrogen) atoms. The summed E-state index contributed by atoms with van der Waals surface area (Å²) in [5.41, 5.74) is 14.2. The van der Waals surface area contributed by atoms with Gasteiger partial charge in [0.2, 0.25) is 5.91 Å². The number of nitrogens with zero attached hydrogens (tertiary/aromatic N) is 12. The average Bonchev–Trinajstić information content (AvgIpc) is 2.15. The third-order valence-electron chi connectivity index (χ3n) is 13.6. The summed E-state index contributed by atoms with van der Waals surface area (Å²) in [5.74, 6) is -3.61. The van der Waals surface area contributed by atoms with Gasteiger partial charge in [0.05, 0.1) is 23.7 Å². The van der Waals surface area contributed by atoms with E-state index in [1.165, 1.54) is 32.9 Å². The maximum absolute atomic E-state index is 14.8. The van der Waals surface area contributed by atoms with Gasteiger partial charge in [-0.3, -0.25) is 28.8 Å². The number of nitrogens with two attached hydrogens (primary N) is 1. The number of halogens is 3. The molecule has 0 aliphatic rings. The smallest absolute Gasteiger partial charge is 0.306 e. The van der Waals surface area contributed by atoms with Gasteiger partial charge >= 0.3 is 11.9 Å². The first-order valence-electron chi connectivity index (χ1n) is 27.8. The van der Waals surface area contributed by atoms with Gasteiger partial charge in [0.15, 0.2) is 16.9 Å². The Balaban J connectivity index is 0.000000185. The number of carbonyl (C=O) groups is 6. The zero-order valence-electron chi connectivity index (χ0n) is 49.6. The summed E-state index contributed by atoms with van der Waals surface area (Å²) in [5, 5.41) is 22.2. The van der Waals surface area contributed by atoms with Crippen LogP contribution in [0.25, 0.3) is 50.7 Å². The van der Waals surface area contributed by atoms with Crippen molar-refractivity contribution in [2.45, 2.75) is 85.5 Å². The van der Waals surface area contributed by atoms with Crippen LogP contribution in [0.3, 0.4) is 0 Å². The van der Waals surface area contributed by atoms with Crippen LogP contribution in [0.5, 0.6) is 0 Å². The minimum Gasteiger partial charge on any atom is -0.481 e. The Labute approximate surface area is 494 Å². The fraction of sp³-hybridized carbons (Fsp3) is 0.323. The molecule has 21 nitrogen and oxygen atoms in total. The number of carbonyl (C=O) groups excluding carboxylic acids is 5. The second-order valence-electron chi connectivity index (χ2n) is 20.6. The van der Waals surface area contributed by atoms with E-state index >= 15 is 0 Å². The third-order valence-corrected chi connectivity index (χ3v) is 13.6. The Morgan fingerprint density at radius 3 is 1.06 bits per heavy atom. The zero-order chi connectivity index (χ0) is 62.7. The summed E-state index contributed by atoms with van der Waals surface area (Å²) in [4.78, 5) is 87.5. The summed E-state index contributed by atoms with van der Waals surface area (Å²) in [7, 11) is 9.97. The molecule has 0 unspecified atom stereocenters. The van der Waals surface area contributed by atoms with Crippen molar-refractivity contribution in [3.8, 4) is 33.8 Å². The van der Waals surface area contributed by atoms with Crippen molar-refractivity contribution < 1.29 is 51.8 Å². The molecule has 0 fully saturated rings. The first kappa shape index (κ1) is 63.7. The van der Waals surface area contributed by atoms with Gasteiger partial charge in [0, 0.05) is 114 Å². The van der Waals surface area contributed by atoms with Crippen LogP contribution in [0.4, 0.5) is 13.2 Å². The number of aromatic nitrogens is 9. The van der Waals surface area contributed by atoms with Gasteiger partial charge in [-0.2, -0.15) is 15.3 Å². The largest absolute Gasteiger partial charge is 0.481 e. The molecule has 24 heteroatoms. The van der Waals surface area contributed by atoms with Gasteiger partial charge < -0.3 is 30.3 Å². The fourth-order valence-electron chi connectivity index (χ4n) is 9.04. The van der Waals surface area contributed by atoms with Gasteiger partial charge in [-0.05, 0) is 117 Å². The Hall–Kier alpha value is -9.87. The minimum absolute atomic E-state index is 0.0559. The van der Waals surface area contributed by atoms with Crippen molar-refractivity contribution in [1.82, 2.24) is 58.5 Å². The number of rotatable bonds is 19. The molecular weight excluding hydrogens is 1110 g/mol. The number of ether oxygens (including phenoxy) is 1. The van der Waals surface area contributed by atoms with E-state index in [1.54, 1.807) is 136 Å². The van der Waals surface area contributed by atoms with Gasteiger partial charge in [0.25, 0.3) is 17.7 Å². The number of benzene rings is 3. The fourth-order valence-corrected chi connectivity index (χ4v) is 9.04. The van der Waals surface area contributed by atoms with E-state index in [0.717, 1.165) is 17.1 Å². The molecule has 0 aliphatic carbocycles. The zero-order valence-corrected chi connectivity index (χ0v) is 49.6. The Kier molecular flexibility index (Phi) is 20.8. The van der Waals surface area contributed by atoms with Crippen LogP contribution in [-0.2, 0) is 57.6 Å². The van der Waals surface area contributed by atoms with Crippen molar-refractivity contribution >= 4 is 52.5 Å². The van der Waals surface area contributed by atoms with E-state index in [1.807, 2.05) is 20.8 Å². The van der Waals surface area contributed by atoms with Gasteiger partial charge in [-0.1, -0.05) is 39.0 Å². The van der Waals surface area contributed by atoms with Gasteiger partial charge in [-0.15, -0.1) is 0 Å². The average molecular weight is 1180 g/mol. The second-order valence-corrected chi connectivity index (χ2v) is 20.6. The Bertz CT molecular complexity index is 3850. The van der Waals surface area contributed by atoms with Crippen LogP contribution in [0.2, 0.25) is 0 Å². The Morgan fingerprint density at radius 1 is 0.477 bits per heavy atom. The number of aryl methyl sites for hydroxylation is 6. The molecule has 0 spiro atoms. The maximum atomic E-state index is 14.8. The highest BCUT2D eigenvalue weighted by atomic mass is 19.1. The lowest BCUT2D eigenvalue weighted by Crippen LogP contribution is -2.23. The number of hydrogen-bond acceptors (Lipinski definition) is 13. The monoisotopic (exact) mass is 1180 g/mol. The molecule has 9 aromatic rings. The van der Waals surface area contributed by atoms with Crippen LogP contribution in [0.15, 0.2) is 91.0 Å². The number of fused-ring (bicyclic) bond motifs is 3. The van der Waals surface area contributed by atoms with E-state index in [0.29, 0.717) is 123 Å². The van der Waals surface area contributed by atoms with Crippen molar-refractivity contribution in [1.29, 1.82) is 0 Å². The van der Waals surface area contributed by atoms with E-state index < -0.39 is 29.3 Å². The van der Waals surface area contributed by atoms with Crippen LogP contribution in [0, 0.1) is 17.5 Å². The molecule has 0 bridgehead atoms. The first-order chi connectivity index (χ1) is 40.9. The molecule has 4 amide bonds. The van der Waals surface area contributed by atoms with Crippen LogP contribution >= 0.6 is 0 Å². The van der Waals surface area contributed by atoms with E-state index in [4.69, 9.17) is 15.6 Å². The summed E-state index contributed by atoms with van der Waals surface area (Å²) < 4.78 is 53.8. The summed E-state index contributed by atoms with van der Waals surface area (Å²) >= 11 is 0. The van der Waals surface area contributed by atoms with Crippen molar-refractivity contribution in [3.05, 3.63) is 159 Å². The van der Waals surface area contributed by atoms with Crippen LogP contribution < -0.4 is 5.73 Å². The quantitative estimate of drug-likeness (QED) is 0.0722. The van der Waals surface area contributed by atoms with Gasteiger partial charge in [0.1, 0.15) is 34.5 Å². The van der Waals surface area contributed by atoms with Crippen molar-refractivity contribution in [2.24, 2.45) is 5.73 Å². The molecule has 3 aromatic carbocycles. The lowest BCUT2D eigenvalue weighted by atomic mass is 10.0. The molecule has 0 radical (unpaired) electrons. The maximum Gasteiger partial charge on any atom is 0.306 e. The highest BCUT2D eigenvalue weighted by Crippen LogP contribution is 2.29. The molecule has 0 saturated heterocycles. The number of aliphatic carboxylic acids is 1. The number of esters is 1. The van der Waals surface area contributed by atoms with E-state index in [9.17, 15) is 41.9 Å². The molecule has 0 aliphatic heterocycles. The summed E-state index contributed by atoms with van der Waals surface area (Å²) in [6.45, 7) is 7.93. The molecule has 450 valence electrons. The molecule has 0 atom stereocenters. The summed E-state index contributed by atoms with van der Waals surface area (Å²) in [6.07, 6.45) is 3.27. The molecule has 6 aromatic heterocycles. The first-order valence-corrected chi connectivity index (χ1v) is 27.8. The Morgan fingerprint density at radius 2 is 0.791 bits per heavy atom. The van der Waals surface area contributed by atoms with E-state index in [2.05, 4.69) is 30.2 Å². The molecular formula is C62H68F3N13O8. The highest BCUT2D eigenvalue weighted by Gasteiger charge is 2.21. The molecule has 0 saturated carbocycles. The topological polar surface area (TPSA) is 258 Å². The number of carboxylic acid groups (broad SMARTS) is 1. The molecule has 9 rings (SSSR count). The van der Waals surface area contributed by atoms with Crippen molar-refractivity contribution in [3.63, 3.8) is 0 Å². The minimum atomic E-state index is -0.925. The normalized spacial score (nSPS) is 11.0. The standard InChI is InChI=1S/C22H25FN4O3.C20H22FN5O2.C20H21FN4O3/c1-5-15-12-19(22(29)26(3)4)24-20-13-18(25-27(15)20)16-9-7-14(11-17(16)23)8-10-21(28)30-6-2;1-4-13-10-17(20(28)25(2)3)23-19-11-16(24-26(13)19)14-7-5-12(9-15(14)21)6-8-18(22)27;1-4-13-10-17(20(28)24(2)3)22-18-11-16(23-25(13)18)14-7-5-12(9-15(14)21)6-8-19(26)27/h7,9,11-13H,5-6,8,10H2,1-4H3;5,7,9-11H,4,6,8H2,1-3H3,(H2,22,27);5,7,9-11H,4,6,8H2,1-3H3,(H,26,27). The third kappa shape index (κ3) is 15.3. The predicted octanol–water partition coefficient (Wildman–Crippen LogP) is 8.33. The SMILES string of the molecule is CCOC(=O)CCc1ccc(-c2cc3nc(C(=O)N(C)C)cc(CC)n3n2)c(F)c1.CCc1cc(C(=O)N(C)C)nc2cc(-c3ccc(CCC(=O)O)cc3F)nn12.CCc1cc(C(=O)N(C)C)nc2cc(-c3ccc(CCC(N)=O)cc3F)nn12. The van der Waals surface area contributed by atoms with Crippen LogP contribution in [-0.4, -0.2) is 148 Å². The molecule has 6 heterocycles. The summed E-state index contributed by atoms with van der Waals surface area (Å²) in [6, 6.07) is 24.3. The second kappa shape index (κ2) is 28.1. The number of amides is 4. The highest BCUT2D eigenvalue weighted by molar-refractivity contribution is 5.94. The van der Waals surface area contributed by atoms with E-state index in [-0.39, 0.29) is 49.4 Å². The lowest BCUT2D eigenvalue weighted by molar-refractivity contribution is -0.143. The number of primary amides is 1. The van der Waals surface area contributed by atoms with Crippen LogP contribution in [0.1, 0.15) is 112 Å². The number of hydrogen-bond donors (Lipinski definition) is 2. The molecule has 3 N–H and O–H groups in total. The predicted molar refractivity (Wildman–Crippen MR) is 316 cm³/mol. The van der Waals surface area contributed by atoms with Gasteiger partial charge in [-0.25, -0.2) is 41.7 Å². The lowest BCUT2D eigenvalue weighted by Gasteiger charge is -2.11.